The van der Waals surface area contributed by atoms with Crippen molar-refractivity contribution in [3.05, 3.63) is 54.0 Å². The predicted octanol–water partition coefficient (Wildman–Crippen LogP) is 4.22. The number of benzene rings is 1. The highest BCUT2D eigenvalue weighted by Gasteiger charge is 2.53. The van der Waals surface area contributed by atoms with Gasteiger partial charge < -0.3 is 9.31 Å². The maximum Gasteiger partial charge on any atom is 0.525 e. The Hall–Kier alpha value is -2.12. The lowest BCUT2D eigenvalue weighted by Gasteiger charge is -2.32. The number of nitrogens with zero attached hydrogens (tertiary/aromatic N) is 2. The maximum absolute atomic E-state index is 14.5. The molecular formula is C18H19BF2N2O2. The molecule has 0 N–H and O–H groups in total. The summed E-state index contributed by atoms with van der Waals surface area (Å²) in [7, 11) is -1.15. The average Bonchev–Trinajstić information content (AvgIpc) is 2.78. The Labute approximate surface area is 146 Å². The molecule has 1 aromatic heterocycles. The number of hydrogen-bond acceptors (Lipinski definition) is 4. The molecule has 1 aliphatic rings. The van der Waals surface area contributed by atoms with Crippen LogP contribution < -0.4 is 0 Å². The van der Waals surface area contributed by atoms with Crippen LogP contribution in [-0.4, -0.2) is 28.3 Å². The first-order valence-electron chi connectivity index (χ1n) is 7.97. The minimum Gasteiger partial charge on any atom is -0.398 e. The summed E-state index contributed by atoms with van der Waals surface area (Å²) in [4.78, 5) is 7.80. The third-order valence-corrected chi connectivity index (χ3v) is 4.67. The van der Waals surface area contributed by atoms with Crippen LogP contribution in [0.25, 0.3) is 17.2 Å². The highest BCUT2D eigenvalue weighted by atomic mass is 19.1. The van der Waals surface area contributed by atoms with Crippen molar-refractivity contribution in [2.24, 2.45) is 0 Å². The number of hydrogen-bond donors (Lipinski definition) is 0. The number of halogens is 2. The Morgan fingerprint density at radius 3 is 2.20 bits per heavy atom. The monoisotopic (exact) mass is 344 g/mol. The van der Waals surface area contributed by atoms with E-state index in [9.17, 15) is 8.78 Å². The second-order valence-corrected chi connectivity index (χ2v) is 6.98. The van der Waals surface area contributed by atoms with Crippen molar-refractivity contribution in [3.8, 4) is 11.1 Å². The van der Waals surface area contributed by atoms with Gasteiger partial charge in [-0.25, -0.2) is 18.7 Å². The fraction of sp³-hybridized carbons (Fsp3) is 0.333. The Morgan fingerprint density at radius 1 is 1.04 bits per heavy atom. The van der Waals surface area contributed by atoms with Crippen molar-refractivity contribution in [2.75, 3.05) is 0 Å². The molecular weight excluding hydrogens is 325 g/mol. The summed E-state index contributed by atoms with van der Waals surface area (Å²) in [5.74, 6) is -0.548. The van der Waals surface area contributed by atoms with Crippen LogP contribution in [0.4, 0.5) is 8.78 Å². The molecule has 1 aliphatic heterocycles. The van der Waals surface area contributed by atoms with Gasteiger partial charge in [0.25, 0.3) is 0 Å². The van der Waals surface area contributed by atoms with E-state index in [1.807, 2.05) is 27.7 Å². The van der Waals surface area contributed by atoms with Gasteiger partial charge in [0.15, 0.2) is 0 Å². The van der Waals surface area contributed by atoms with Crippen molar-refractivity contribution in [1.29, 1.82) is 0 Å². The van der Waals surface area contributed by atoms with Crippen LogP contribution in [0, 0.1) is 5.82 Å². The van der Waals surface area contributed by atoms with Gasteiger partial charge in [0, 0.05) is 23.5 Å². The highest BCUT2D eigenvalue weighted by molar-refractivity contribution is 6.54. The van der Waals surface area contributed by atoms with Gasteiger partial charge in [-0.1, -0.05) is 12.1 Å². The molecule has 3 rings (SSSR count). The molecule has 1 fully saturated rings. The van der Waals surface area contributed by atoms with Gasteiger partial charge in [-0.15, -0.1) is 0 Å². The summed E-state index contributed by atoms with van der Waals surface area (Å²) in [6, 6.07) is 4.51. The van der Waals surface area contributed by atoms with Gasteiger partial charge in [-0.05, 0) is 45.4 Å². The van der Waals surface area contributed by atoms with Gasteiger partial charge in [0.2, 0.25) is 0 Å². The van der Waals surface area contributed by atoms with Crippen LogP contribution in [-0.2, 0) is 9.31 Å². The summed E-state index contributed by atoms with van der Waals surface area (Å²) in [5, 5.41) is 0. The van der Waals surface area contributed by atoms with E-state index < -0.39 is 29.9 Å². The largest absolute Gasteiger partial charge is 0.525 e. The average molecular weight is 344 g/mol. The van der Waals surface area contributed by atoms with Crippen LogP contribution in [0.2, 0.25) is 0 Å². The predicted molar refractivity (Wildman–Crippen MR) is 92.6 cm³/mol. The van der Waals surface area contributed by atoms with E-state index in [2.05, 4.69) is 9.97 Å². The SMILES string of the molecule is CC1(C)OB(C(F)=Cc2ccc(-c3cncnc3)cc2F)OC1(C)C. The molecule has 0 amide bonds. The van der Waals surface area contributed by atoms with Crippen LogP contribution in [0.5, 0.6) is 0 Å². The van der Waals surface area contributed by atoms with Gasteiger partial charge in [0.05, 0.1) is 11.2 Å². The van der Waals surface area contributed by atoms with E-state index in [4.69, 9.17) is 9.31 Å². The van der Waals surface area contributed by atoms with Crippen molar-refractivity contribution >= 4 is 13.2 Å². The molecule has 2 heterocycles. The van der Waals surface area contributed by atoms with Gasteiger partial charge in [-0.2, -0.15) is 0 Å². The molecule has 0 spiro atoms. The first kappa shape index (κ1) is 17.7. The van der Waals surface area contributed by atoms with E-state index in [1.54, 1.807) is 18.5 Å². The summed E-state index contributed by atoms with van der Waals surface area (Å²) >= 11 is 0. The van der Waals surface area contributed by atoms with Crippen molar-refractivity contribution in [1.82, 2.24) is 9.97 Å². The minimum atomic E-state index is -1.15. The summed E-state index contributed by atoms with van der Waals surface area (Å²) < 4.78 is 40.1. The molecule has 0 radical (unpaired) electrons. The minimum absolute atomic E-state index is 0.118. The zero-order chi connectivity index (χ0) is 18.2. The molecule has 1 saturated heterocycles. The third-order valence-electron chi connectivity index (χ3n) is 4.67. The molecule has 0 saturated carbocycles. The van der Waals surface area contributed by atoms with Crippen molar-refractivity contribution in [2.45, 2.75) is 38.9 Å². The standard InChI is InChI=1S/C18H19BF2N2O2/c1-17(2)18(3,4)25-19(24-17)16(21)8-13-6-5-12(7-15(13)20)14-9-22-11-23-10-14/h5-11H,1-4H3. The van der Waals surface area contributed by atoms with E-state index in [-0.39, 0.29) is 5.56 Å². The Kier molecular flexibility index (Phi) is 4.47. The fourth-order valence-electron chi connectivity index (χ4n) is 2.44. The lowest BCUT2D eigenvalue weighted by Crippen LogP contribution is -2.41. The zero-order valence-electron chi connectivity index (χ0n) is 14.6. The molecule has 0 bridgehead atoms. The first-order valence-corrected chi connectivity index (χ1v) is 7.97. The summed E-state index contributed by atoms with van der Waals surface area (Å²) in [5.41, 5.74) is -0.562. The molecule has 0 unspecified atom stereocenters. The van der Waals surface area contributed by atoms with Crippen LogP contribution >= 0.6 is 0 Å². The molecule has 1 aromatic carbocycles. The molecule has 0 aliphatic carbocycles. The maximum atomic E-state index is 14.5. The normalized spacial score (nSPS) is 19.3. The van der Waals surface area contributed by atoms with E-state index in [0.29, 0.717) is 11.1 Å². The van der Waals surface area contributed by atoms with E-state index >= 15 is 0 Å². The van der Waals surface area contributed by atoms with E-state index in [0.717, 1.165) is 6.08 Å². The van der Waals surface area contributed by atoms with Crippen LogP contribution in [0.15, 0.2) is 42.6 Å². The fourth-order valence-corrected chi connectivity index (χ4v) is 2.44. The molecule has 4 nitrogen and oxygen atoms in total. The molecule has 0 atom stereocenters. The van der Waals surface area contributed by atoms with Crippen molar-refractivity contribution < 1.29 is 18.1 Å². The Balaban J connectivity index is 1.84. The van der Waals surface area contributed by atoms with Crippen molar-refractivity contribution in [3.63, 3.8) is 0 Å². The lowest BCUT2D eigenvalue weighted by molar-refractivity contribution is 0.00578. The number of aromatic nitrogens is 2. The van der Waals surface area contributed by atoms with Gasteiger partial charge in [0.1, 0.15) is 17.9 Å². The van der Waals surface area contributed by atoms with Crippen LogP contribution in [0.3, 0.4) is 0 Å². The smallest absolute Gasteiger partial charge is 0.398 e. The molecule has 25 heavy (non-hydrogen) atoms. The highest BCUT2D eigenvalue weighted by Crippen LogP contribution is 2.39. The second-order valence-electron chi connectivity index (χ2n) is 6.98. The first-order chi connectivity index (χ1) is 11.7. The summed E-state index contributed by atoms with van der Waals surface area (Å²) in [6.45, 7) is 7.32. The Morgan fingerprint density at radius 2 is 1.64 bits per heavy atom. The molecule has 130 valence electrons. The third kappa shape index (κ3) is 3.48. The van der Waals surface area contributed by atoms with Gasteiger partial charge in [-0.3, -0.25) is 0 Å². The number of rotatable bonds is 3. The topological polar surface area (TPSA) is 44.2 Å². The molecule has 2 aromatic rings. The quantitative estimate of drug-likeness (QED) is 0.782. The lowest BCUT2D eigenvalue weighted by atomic mass is 9.86. The van der Waals surface area contributed by atoms with E-state index in [1.165, 1.54) is 18.5 Å². The van der Waals surface area contributed by atoms with Crippen LogP contribution in [0.1, 0.15) is 33.3 Å². The Bertz CT molecular complexity index is 794. The molecule has 7 heteroatoms. The zero-order valence-corrected chi connectivity index (χ0v) is 14.6. The summed E-state index contributed by atoms with van der Waals surface area (Å²) in [6.07, 6.45) is 5.67. The second kappa shape index (κ2) is 6.31. The van der Waals surface area contributed by atoms with Gasteiger partial charge >= 0.3 is 7.12 Å².